The van der Waals surface area contributed by atoms with Crippen molar-refractivity contribution < 1.29 is 4.79 Å². The Morgan fingerprint density at radius 1 is 1.09 bits per heavy atom. The fourth-order valence-electron chi connectivity index (χ4n) is 5.07. The molecule has 0 saturated carbocycles. The second-order valence-corrected chi connectivity index (χ2v) is 9.90. The number of aryl methyl sites for hydroxylation is 1. The van der Waals surface area contributed by atoms with Gasteiger partial charge in [0.1, 0.15) is 12.1 Å². The summed E-state index contributed by atoms with van der Waals surface area (Å²) in [5, 5.41) is 1.24. The van der Waals surface area contributed by atoms with E-state index in [2.05, 4.69) is 58.1 Å². The summed E-state index contributed by atoms with van der Waals surface area (Å²) in [5.41, 5.74) is 11.0. The Morgan fingerprint density at radius 3 is 2.78 bits per heavy atom. The van der Waals surface area contributed by atoms with Gasteiger partial charge in [-0.05, 0) is 55.7 Å². The molecule has 1 aromatic carbocycles. The summed E-state index contributed by atoms with van der Waals surface area (Å²) in [6, 6.07) is 18.3. The van der Waals surface area contributed by atoms with Crippen LogP contribution in [0.25, 0.3) is 10.9 Å². The molecule has 1 saturated heterocycles. The topological polar surface area (TPSA) is 73.0 Å². The van der Waals surface area contributed by atoms with E-state index in [0.717, 1.165) is 29.7 Å². The number of carbonyl (C=O) groups is 1. The monoisotopic (exact) mass is 443 g/mol. The van der Waals surface area contributed by atoms with Crippen molar-refractivity contribution in [3.63, 3.8) is 0 Å². The average molecular weight is 444 g/mol. The van der Waals surface area contributed by atoms with Crippen molar-refractivity contribution in [2.45, 2.75) is 37.9 Å². The molecule has 0 bridgehead atoms. The standard InChI is InChI=1S/C25H25N5OS/c1-15-9-10-22(32-15)20-14-21(29-28-20)25(31)30-13-11-17-16-6-2-3-7-18(16)27-23(17)24(30)19-8-4-5-12-26-19/h2-10,12,20-21,24,27-29H,11,13-14H2,1H3. The minimum Gasteiger partial charge on any atom is -0.356 e. The summed E-state index contributed by atoms with van der Waals surface area (Å²) in [6.45, 7) is 2.79. The van der Waals surface area contributed by atoms with Crippen LogP contribution in [0.2, 0.25) is 0 Å². The quantitative estimate of drug-likeness (QED) is 0.447. The van der Waals surface area contributed by atoms with Gasteiger partial charge < -0.3 is 9.88 Å². The number of hydrogen-bond acceptors (Lipinski definition) is 5. The number of hydrogen-bond donors (Lipinski definition) is 3. The number of H-pyrrole nitrogens is 1. The van der Waals surface area contributed by atoms with E-state index in [4.69, 9.17) is 0 Å². The van der Waals surface area contributed by atoms with Crippen molar-refractivity contribution in [2.75, 3.05) is 6.54 Å². The van der Waals surface area contributed by atoms with Crippen molar-refractivity contribution in [1.82, 2.24) is 25.7 Å². The van der Waals surface area contributed by atoms with E-state index in [1.54, 1.807) is 17.5 Å². The number of nitrogens with zero attached hydrogens (tertiary/aromatic N) is 2. The summed E-state index contributed by atoms with van der Waals surface area (Å²) in [7, 11) is 0. The van der Waals surface area contributed by atoms with Gasteiger partial charge in [-0.25, -0.2) is 10.9 Å². The molecule has 1 fully saturated rings. The van der Waals surface area contributed by atoms with E-state index in [9.17, 15) is 4.79 Å². The highest BCUT2D eigenvalue weighted by Crippen LogP contribution is 2.39. The van der Waals surface area contributed by atoms with Crippen LogP contribution < -0.4 is 10.9 Å². The largest absolute Gasteiger partial charge is 0.356 e. The van der Waals surface area contributed by atoms with E-state index >= 15 is 0 Å². The van der Waals surface area contributed by atoms with Crippen molar-refractivity contribution in [3.8, 4) is 0 Å². The lowest BCUT2D eigenvalue weighted by molar-refractivity contribution is -0.135. The van der Waals surface area contributed by atoms with Crippen LogP contribution in [-0.2, 0) is 11.2 Å². The van der Waals surface area contributed by atoms with Gasteiger partial charge >= 0.3 is 0 Å². The molecule has 3 atom stereocenters. The lowest BCUT2D eigenvalue weighted by Crippen LogP contribution is -2.49. The second-order valence-electron chi connectivity index (χ2n) is 8.58. The molecule has 3 unspecified atom stereocenters. The number of hydrazine groups is 1. The minimum atomic E-state index is -0.264. The average Bonchev–Trinajstić information content (AvgIpc) is 3.56. The molecule has 162 valence electrons. The van der Waals surface area contributed by atoms with Crippen LogP contribution in [0.4, 0.5) is 0 Å². The molecule has 1 amide bonds. The number of carbonyl (C=O) groups excluding carboxylic acids is 1. The van der Waals surface area contributed by atoms with Crippen LogP contribution in [0.1, 0.15) is 45.2 Å². The SMILES string of the molecule is Cc1ccc(C2CC(C(=O)N3CCc4c([nH]c5ccccc45)C3c3ccccn3)NN2)s1. The van der Waals surface area contributed by atoms with Crippen molar-refractivity contribution >= 4 is 28.1 Å². The first-order valence-corrected chi connectivity index (χ1v) is 11.9. The van der Waals surface area contributed by atoms with Gasteiger partial charge in [0.25, 0.3) is 0 Å². The second kappa shape index (κ2) is 7.85. The molecule has 3 N–H and O–H groups in total. The van der Waals surface area contributed by atoms with Crippen LogP contribution in [0.5, 0.6) is 0 Å². The maximum Gasteiger partial charge on any atom is 0.242 e. The molecule has 6 nitrogen and oxygen atoms in total. The van der Waals surface area contributed by atoms with Crippen LogP contribution in [0.15, 0.2) is 60.8 Å². The third kappa shape index (κ3) is 3.24. The Hall–Kier alpha value is -3.00. The Bertz CT molecular complexity index is 1280. The number of aromatic nitrogens is 2. The molecule has 0 spiro atoms. The highest BCUT2D eigenvalue weighted by Gasteiger charge is 2.40. The fraction of sp³-hybridized carbons (Fsp3) is 0.280. The van der Waals surface area contributed by atoms with Gasteiger partial charge in [-0.3, -0.25) is 9.78 Å². The van der Waals surface area contributed by atoms with Crippen molar-refractivity contribution in [1.29, 1.82) is 0 Å². The Balaban J connectivity index is 1.34. The van der Waals surface area contributed by atoms with Crippen molar-refractivity contribution in [2.24, 2.45) is 0 Å². The van der Waals surface area contributed by atoms with Crippen LogP contribution in [0, 0.1) is 6.92 Å². The lowest BCUT2D eigenvalue weighted by atomic mass is 9.93. The number of amides is 1. The number of nitrogens with one attached hydrogen (secondary N) is 3. The third-order valence-corrected chi connectivity index (χ3v) is 7.71. The first-order chi connectivity index (χ1) is 15.7. The molecule has 2 aliphatic heterocycles. The van der Waals surface area contributed by atoms with Gasteiger partial charge in [-0.15, -0.1) is 11.3 Å². The highest BCUT2D eigenvalue weighted by atomic mass is 32.1. The van der Waals surface area contributed by atoms with E-state index in [-0.39, 0.29) is 24.0 Å². The van der Waals surface area contributed by atoms with Gasteiger partial charge in [-0.2, -0.15) is 0 Å². The van der Waals surface area contributed by atoms with Gasteiger partial charge in [0.2, 0.25) is 5.91 Å². The smallest absolute Gasteiger partial charge is 0.242 e. The van der Waals surface area contributed by atoms with Crippen molar-refractivity contribution in [3.05, 3.63) is 87.5 Å². The molecule has 4 aromatic rings. The van der Waals surface area contributed by atoms with Gasteiger partial charge in [0.15, 0.2) is 0 Å². The van der Waals surface area contributed by atoms with Gasteiger partial charge in [0, 0.05) is 39.1 Å². The van der Waals surface area contributed by atoms with E-state index in [0.29, 0.717) is 6.54 Å². The molecular weight excluding hydrogens is 418 g/mol. The predicted octanol–water partition coefficient (Wildman–Crippen LogP) is 4.01. The maximum atomic E-state index is 13.8. The zero-order chi connectivity index (χ0) is 21.7. The maximum absolute atomic E-state index is 13.8. The highest BCUT2D eigenvalue weighted by molar-refractivity contribution is 7.12. The summed E-state index contributed by atoms with van der Waals surface area (Å²) in [6.07, 6.45) is 3.38. The van der Waals surface area contributed by atoms with Gasteiger partial charge in [0.05, 0.1) is 11.7 Å². The Morgan fingerprint density at radius 2 is 1.97 bits per heavy atom. The number of benzene rings is 1. The molecular formula is C25H25N5OS. The molecule has 32 heavy (non-hydrogen) atoms. The lowest BCUT2D eigenvalue weighted by Gasteiger charge is -2.37. The van der Waals surface area contributed by atoms with E-state index in [1.807, 2.05) is 29.2 Å². The minimum absolute atomic E-state index is 0.119. The molecule has 7 heteroatoms. The van der Waals surface area contributed by atoms with Crippen LogP contribution in [-0.4, -0.2) is 33.4 Å². The number of rotatable bonds is 3. The predicted molar refractivity (Wildman–Crippen MR) is 126 cm³/mol. The molecule has 2 aliphatic rings. The summed E-state index contributed by atoms with van der Waals surface area (Å²) in [5.74, 6) is 0.119. The summed E-state index contributed by atoms with van der Waals surface area (Å²) in [4.78, 5) is 26.6. The van der Waals surface area contributed by atoms with E-state index in [1.165, 1.54) is 20.7 Å². The normalized spacial score (nSPS) is 22.9. The number of fused-ring (bicyclic) bond motifs is 3. The molecule has 5 heterocycles. The van der Waals surface area contributed by atoms with E-state index < -0.39 is 0 Å². The summed E-state index contributed by atoms with van der Waals surface area (Å²) < 4.78 is 0. The Labute approximate surface area is 190 Å². The zero-order valence-corrected chi connectivity index (χ0v) is 18.7. The fourth-order valence-corrected chi connectivity index (χ4v) is 6.01. The molecule has 0 radical (unpaired) electrons. The number of para-hydroxylation sites is 1. The first kappa shape index (κ1) is 19.7. The molecule has 6 rings (SSSR count). The number of pyridine rings is 1. The first-order valence-electron chi connectivity index (χ1n) is 11.1. The Kier molecular flexibility index (Phi) is 4.82. The summed E-state index contributed by atoms with van der Waals surface area (Å²) >= 11 is 1.78. The third-order valence-electron chi connectivity index (χ3n) is 6.59. The molecule has 0 aliphatic carbocycles. The van der Waals surface area contributed by atoms with Crippen LogP contribution >= 0.6 is 11.3 Å². The van der Waals surface area contributed by atoms with Crippen LogP contribution in [0.3, 0.4) is 0 Å². The number of aromatic amines is 1. The zero-order valence-electron chi connectivity index (χ0n) is 17.8. The molecule has 3 aromatic heterocycles. The van der Waals surface area contributed by atoms with Gasteiger partial charge in [-0.1, -0.05) is 24.3 Å². The number of thiophene rings is 1.